The highest BCUT2D eigenvalue weighted by atomic mass is 35.5. The fourth-order valence-electron chi connectivity index (χ4n) is 4.14. The van der Waals surface area contributed by atoms with Crippen LogP contribution in [0.5, 0.6) is 0 Å². The number of rotatable bonds is 5. The summed E-state index contributed by atoms with van der Waals surface area (Å²) in [5.74, 6) is 0.131. The molecule has 1 aliphatic rings. The number of amides is 1. The second-order valence-electron chi connectivity index (χ2n) is 8.16. The number of nitrogens with one attached hydrogen (secondary N) is 3. The van der Waals surface area contributed by atoms with Gasteiger partial charge in [-0.05, 0) is 68.0 Å². The highest BCUT2D eigenvalue weighted by molar-refractivity contribution is 6.35. The smallest absolute Gasteiger partial charge is 0.383 e. The van der Waals surface area contributed by atoms with Gasteiger partial charge in [0.25, 0.3) is 5.91 Å². The van der Waals surface area contributed by atoms with Crippen molar-refractivity contribution in [3.05, 3.63) is 63.8 Å². The number of hydrogen-bond acceptors (Lipinski definition) is 2. The third kappa shape index (κ3) is 5.15. The van der Waals surface area contributed by atoms with Crippen LogP contribution in [0.25, 0.3) is 10.9 Å². The monoisotopic (exact) mass is 483 g/mol. The molecule has 2 aromatic carbocycles. The van der Waals surface area contributed by atoms with Gasteiger partial charge in [-0.3, -0.25) is 4.79 Å². The van der Waals surface area contributed by atoms with Gasteiger partial charge in [0.1, 0.15) is 0 Å². The van der Waals surface area contributed by atoms with Gasteiger partial charge in [-0.1, -0.05) is 23.2 Å². The lowest BCUT2D eigenvalue weighted by Crippen LogP contribution is -2.38. The van der Waals surface area contributed by atoms with Gasteiger partial charge in [0.2, 0.25) is 0 Å². The average Bonchev–Trinajstić information content (AvgIpc) is 3.16. The molecular formula is C23H22Cl2F3N3O. The number of carbonyl (C=O) groups is 1. The van der Waals surface area contributed by atoms with Crippen molar-refractivity contribution in [1.82, 2.24) is 10.3 Å². The lowest BCUT2D eigenvalue weighted by Gasteiger charge is -2.29. The Morgan fingerprint density at radius 3 is 2.53 bits per heavy atom. The van der Waals surface area contributed by atoms with Gasteiger partial charge in [0.15, 0.2) is 0 Å². The van der Waals surface area contributed by atoms with E-state index in [1.807, 2.05) is 0 Å². The second-order valence-corrected chi connectivity index (χ2v) is 9.00. The summed E-state index contributed by atoms with van der Waals surface area (Å²) in [5.41, 5.74) is 1.02. The van der Waals surface area contributed by atoms with Crippen LogP contribution < -0.4 is 10.6 Å². The number of aromatic nitrogens is 1. The lowest BCUT2D eigenvalue weighted by molar-refractivity contribution is -0.137. The first-order valence-corrected chi connectivity index (χ1v) is 11.1. The maximum absolute atomic E-state index is 13.0. The Hall–Kier alpha value is -2.38. The minimum atomic E-state index is -4.37. The van der Waals surface area contributed by atoms with E-state index in [-0.39, 0.29) is 11.9 Å². The van der Waals surface area contributed by atoms with E-state index in [9.17, 15) is 18.0 Å². The number of benzene rings is 2. The number of halogens is 5. The van der Waals surface area contributed by atoms with E-state index in [2.05, 4.69) is 15.6 Å². The van der Waals surface area contributed by atoms with E-state index in [0.29, 0.717) is 44.7 Å². The zero-order chi connectivity index (χ0) is 22.9. The minimum Gasteiger partial charge on any atom is -0.383 e. The molecule has 1 aliphatic carbocycles. The molecule has 4 nitrogen and oxygen atoms in total. The van der Waals surface area contributed by atoms with Gasteiger partial charge >= 0.3 is 6.18 Å². The summed E-state index contributed by atoms with van der Waals surface area (Å²) in [6.45, 7) is 0.657. The number of anilines is 1. The van der Waals surface area contributed by atoms with E-state index in [4.69, 9.17) is 23.2 Å². The Morgan fingerprint density at radius 1 is 1.06 bits per heavy atom. The van der Waals surface area contributed by atoms with E-state index in [0.717, 1.165) is 31.7 Å². The van der Waals surface area contributed by atoms with Gasteiger partial charge in [0.05, 0.1) is 21.8 Å². The van der Waals surface area contributed by atoms with E-state index in [1.165, 1.54) is 12.1 Å². The van der Waals surface area contributed by atoms with Crippen LogP contribution in [0.4, 0.5) is 18.9 Å². The van der Waals surface area contributed by atoms with Crippen LogP contribution in [0.15, 0.2) is 42.6 Å². The molecule has 0 spiro atoms. The summed E-state index contributed by atoms with van der Waals surface area (Å²) in [4.78, 5) is 15.5. The molecule has 4 rings (SSSR count). The Balaban J connectivity index is 1.31. The molecule has 32 heavy (non-hydrogen) atoms. The van der Waals surface area contributed by atoms with Crippen LogP contribution >= 0.6 is 23.2 Å². The quantitative estimate of drug-likeness (QED) is 0.369. The molecule has 3 aromatic rings. The second kappa shape index (κ2) is 9.24. The third-order valence-corrected chi connectivity index (χ3v) is 6.51. The lowest BCUT2D eigenvalue weighted by atomic mass is 9.86. The Labute approximate surface area is 193 Å². The molecule has 170 valence electrons. The topological polar surface area (TPSA) is 56.9 Å². The summed E-state index contributed by atoms with van der Waals surface area (Å²) in [6, 6.07) is 8.54. The van der Waals surface area contributed by atoms with Crippen molar-refractivity contribution in [3.8, 4) is 0 Å². The molecule has 1 saturated carbocycles. The van der Waals surface area contributed by atoms with Crippen LogP contribution in [-0.4, -0.2) is 23.5 Å². The van der Waals surface area contributed by atoms with Gasteiger partial charge < -0.3 is 15.6 Å². The number of hydrogen-bond donors (Lipinski definition) is 3. The zero-order valence-corrected chi connectivity index (χ0v) is 18.5. The molecule has 0 bridgehead atoms. The van der Waals surface area contributed by atoms with Crippen LogP contribution in [0, 0.1) is 5.92 Å². The molecule has 1 aromatic heterocycles. The maximum atomic E-state index is 13.0. The summed E-state index contributed by atoms with van der Waals surface area (Å²) in [7, 11) is 0. The molecule has 1 heterocycles. The van der Waals surface area contributed by atoms with Gasteiger partial charge in [0, 0.05) is 34.7 Å². The van der Waals surface area contributed by atoms with Crippen LogP contribution in [0.1, 0.15) is 41.6 Å². The number of fused-ring (bicyclic) bond motifs is 1. The van der Waals surface area contributed by atoms with Gasteiger partial charge in [-0.25, -0.2) is 0 Å². The fourth-order valence-corrected chi connectivity index (χ4v) is 4.52. The van der Waals surface area contributed by atoms with Crippen molar-refractivity contribution in [3.63, 3.8) is 0 Å². The number of H-pyrrole nitrogens is 1. The predicted octanol–water partition coefficient (Wildman–Crippen LogP) is 6.89. The molecule has 0 unspecified atom stereocenters. The zero-order valence-electron chi connectivity index (χ0n) is 17.0. The molecule has 0 atom stereocenters. The first-order chi connectivity index (χ1) is 15.2. The Bertz CT molecular complexity index is 1120. The van der Waals surface area contributed by atoms with E-state index >= 15 is 0 Å². The summed E-state index contributed by atoms with van der Waals surface area (Å²) < 4.78 is 39.1. The third-order valence-electron chi connectivity index (χ3n) is 5.95. The van der Waals surface area contributed by atoms with Crippen molar-refractivity contribution in [1.29, 1.82) is 0 Å². The highest BCUT2D eigenvalue weighted by Crippen LogP contribution is 2.34. The predicted molar refractivity (Wildman–Crippen MR) is 121 cm³/mol. The minimum absolute atomic E-state index is 0.0521. The number of aromatic amines is 1. The van der Waals surface area contributed by atoms with Crippen molar-refractivity contribution < 1.29 is 18.0 Å². The van der Waals surface area contributed by atoms with E-state index < -0.39 is 11.7 Å². The van der Waals surface area contributed by atoms with Crippen molar-refractivity contribution in [2.24, 2.45) is 5.92 Å². The molecule has 9 heteroatoms. The molecule has 1 fully saturated rings. The fraction of sp³-hybridized carbons (Fsp3) is 0.348. The summed E-state index contributed by atoms with van der Waals surface area (Å²) in [5, 5.41) is 7.66. The standard InChI is InChI=1S/C23H22Cl2F3N3O/c24-15-4-7-19(25)17(10-15)22(32)31-16-5-1-13(2-6-16)11-29-21-12-30-20-8-3-14(9-18(20)21)23(26,27)28/h3-4,7-10,12-13,16,29-30H,1-2,5-6,11H2,(H,31,32). The molecule has 1 amide bonds. The van der Waals surface area contributed by atoms with Crippen LogP contribution in [-0.2, 0) is 6.18 Å². The Kier molecular flexibility index (Phi) is 6.58. The van der Waals surface area contributed by atoms with Crippen LogP contribution in [0.2, 0.25) is 10.0 Å². The van der Waals surface area contributed by atoms with Gasteiger partial charge in [-0.15, -0.1) is 0 Å². The van der Waals surface area contributed by atoms with Crippen molar-refractivity contribution in [2.75, 3.05) is 11.9 Å². The largest absolute Gasteiger partial charge is 0.416 e. The molecule has 0 saturated heterocycles. The SMILES string of the molecule is O=C(NC1CCC(CNc2c[nH]c3ccc(C(F)(F)F)cc23)CC1)c1cc(Cl)ccc1Cl. The van der Waals surface area contributed by atoms with Crippen LogP contribution in [0.3, 0.4) is 0 Å². The Morgan fingerprint density at radius 2 is 1.81 bits per heavy atom. The number of alkyl halides is 3. The summed E-state index contributed by atoms with van der Waals surface area (Å²) in [6.07, 6.45) is 0.770. The van der Waals surface area contributed by atoms with E-state index in [1.54, 1.807) is 24.4 Å². The first-order valence-electron chi connectivity index (χ1n) is 10.4. The molecular weight excluding hydrogens is 462 g/mol. The van der Waals surface area contributed by atoms with Crippen molar-refractivity contribution in [2.45, 2.75) is 37.9 Å². The summed E-state index contributed by atoms with van der Waals surface area (Å²) >= 11 is 12.1. The highest BCUT2D eigenvalue weighted by Gasteiger charge is 2.31. The normalized spacial score (nSPS) is 19.2. The average molecular weight is 484 g/mol. The molecule has 3 N–H and O–H groups in total. The maximum Gasteiger partial charge on any atom is 0.416 e. The van der Waals surface area contributed by atoms with Gasteiger partial charge in [-0.2, -0.15) is 13.2 Å². The van der Waals surface area contributed by atoms with Crippen molar-refractivity contribution >= 4 is 45.7 Å². The molecule has 0 aliphatic heterocycles. The first kappa shape index (κ1) is 22.8. The number of carbonyl (C=O) groups excluding carboxylic acids is 1. The molecule has 0 radical (unpaired) electrons.